The van der Waals surface area contributed by atoms with E-state index in [0.29, 0.717) is 17.9 Å². The third kappa shape index (κ3) is 3.90. The van der Waals surface area contributed by atoms with Crippen molar-refractivity contribution in [1.29, 1.82) is 0 Å². The second-order valence-corrected chi connectivity index (χ2v) is 7.17. The highest BCUT2D eigenvalue weighted by Gasteiger charge is 2.19. The molecule has 3 rings (SSSR count). The maximum atomic E-state index is 12.2. The highest BCUT2D eigenvalue weighted by molar-refractivity contribution is 5.30. The fourth-order valence-corrected chi connectivity index (χ4v) is 3.95. The predicted molar refractivity (Wildman–Crippen MR) is 90.4 cm³/mol. The van der Waals surface area contributed by atoms with E-state index in [2.05, 4.69) is 10.3 Å². The van der Waals surface area contributed by atoms with E-state index >= 15 is 0 Å². The smallest absolute Gasteiger partial charge is 0.255 e. The average Bonchev–Trinajstić information content (AvgIpc) is 2.54. The molecule has 0 bridgehead atoms. The van der Waals surface area contributed by atoms with Crippen LogP contribution in [0.1, 0.15) is 75.5 Å². The highest BCUT2D eigenvalue weighted by atomic mass is 16.1. The average molecular weight is 303 g/mol. The summed E-state index contributed by atoms with van der Waals surface area (Å²) in [6.07, 6.45) is 13.9. The molecule has 0 radical (unpaired) electrons. The molecule has 0 aliphatic heterocycles. The van der Waals surface area contributed by atoms with Gasteiger partial charge in [0.05, 0.1) is 5.69 Å². The summed E-state index contributed by atoms with van der Waals surface area (Å²) in [5.41, 5.74) is 1.84. The Bertz CT molecular complexity index is 540. The number of hydrogen-bond acceptors (Lipinski definition) is 3. The van der Waals surface area contributed by atoms with Crippen molar-refractivity contribution in [2.45, 2.75) is 83.6 Å². The molecule has 4 nitrogen and oxygen atoms in total. The summed E-state index contributed by atoms with van der Waals surface area (Å²) in [6.45, 7) is 1.91. The van der Waals surface area contributed by atoms with Crippen LogP contribution < -0.4 is 10.9 Å². The van der Waals surface area contributed by atoms with E-state index in [9.17, 15) is 4.79 Å². The number of aromatic nitrogens is 2. The van der Waals surface area contributed by atoms with Crippen molar-refractivity contribution in [1.82, 2.24) is 9.97 Å². The van der Waals surface area contributed by atoms with Crippen molar-refractivity contribution < 1.29 is 0 Å². The molecule has 0 unspecified atom stereocenters. The molecule has 2 saturated carbocycles. The molecule has 2 N–H and O–H groups in total. The van der Waals surface area contributed by atoms with Crippen molar-refractivity contribution in [3.05, 3.63) is 21.6 Å². The lowest BCUT2D eigenvalue weighted by Gasteiger charge is -2.24. The molecular weight excluding hydrogens is 274 g/mol. The van der Waals surface area contributed by atoms with E-state index in [1.54, 1.807) is 0 Å². The molecule has 0 saturated heterocycles. The quantitative estimate of drug-likeness (QED) is 0.885. The zero-order valence-corrected chi connectivity index (χ0v) is 13.8. The Morgan fingerprint density at radius 1 is 1.05 bits per heavy atom. The normalized spacial score (nSPS) is 21.0. The summed E-state index contributed by atoms with van der Waals surface area (Å²) in [6, 6.07) is 0.474. The standard InChI is InChI=1S/C18H29N3O/c1-13-16(12-14-8-4-2-5-9-14)20-18(21-17(13)22)19-15-10-6-3-7-11-15/h14-15H,2-12H2,1H3,(H2,19,20,21,22). The van der Waals surface area contributed by atoms with Gasteiger partial charge in [0.15, 0.2) is 0 Å². The van der Waals surface area contributed by atoms with Crippen LogP contribution in [0.5, 0.6) is 0 Å². The first-order valence-electron chi connectivity index (χ1n) is 9.08. The maximum absolute atomic E-state index is 12.2. The van der Waals surface area contributed by atoms with Gasteiger partial charge in [0.1, 0.15) is 0 Å². The first-order chi connectivity index (χ1) is 10.7. The Morgan fingerprint density at radius 2 is 1.68 bits per heavy atom. The van der Waals surface area contributed by atoms with Gasteiger partial charge in [-0.05, 0) is 32.1 Å². The van der Waals surface area contributed by atoms with Gasteiger partial charge >= 0.3 is 0 Å². The minimum Gasteiger partial charge on any atom is -0.353 e. The van der Waals surface area contributed by atoms with Gasteiger partial charge < -0.3 is 5.32 Å². The topological polar surface area (TPSA) is 57.8 Å². The first kappa shape index (κ1) is 15.6. The predicted octanol–water partition coefficient (Wildman–Crippen LogP) is 3.95. The van der Waals surface area contributed by atoms with Crippen LogP contribution in [-0.2, 0) is 6.42 Å². The molecule has 1 heterocycles. The molecular formula is C18H29N3O. The minimum atomic E-state index is 0.0270. The van der Waals surface area contributed by atoms with Crippen molar-refractivity contribution in [3.8, 4) is 0 Å². The van der Waals surface area contributed by atoms with Crippen molar-refractivity contribution in [2.75, 3.05) is 5.32 Å². The summed E-state index contributed by atoms with van der Waals surface area (Å²) < 4.78 is 0. The van der Waals surface area contributed by atoms with Crippen LogP contribution in [-0.4, -0.2) is 16.0 Å². The number of H-pyrrole nitrogens is 1. The van der Waals surface area contributed by atoms with E-state index in [4.69, 9.17) is 4.98 Å². The molecule has 1 aromatic heterocycles. The fraction of sp³-hybridized carbons (Fsp3) is 0.778. The largest absolute Gasteiger partial charge is 0.353 e. The maximum Gasteiger partial charge on any atom is 0.255 e. The second-order valence-electron chi connectivity index (χ2n) is 7.17. The highest BCUT2D eigenvalue weighted by Crippen LogP contribution is 2.27. The van der Waals surface area contributed by atoms with E-state index < -0.39 is 0 Å². The lowest BCUT2D eigenvalue weighted by atomic mass is 9.85. The minimum absolute atomic E-state index is 0.0270. The zero-order valence-electron chi connectivity index (χ0n) is 13.8. The summed E-state index contributed by atoms with van der Waals surface area (Å²) in [5.74, 6) is 1.40. The number of rotatable bonds is 4. The molecule has 0 aromatic carbocycles. The SMILES string of the molecule is Cc1c(CC2CCCCC2)nc(NC2CCCCC2)[nH]c1=O. The zero-order chi connectivity index (χ0) is 15.4. The lowest BCUT2D eigenvalue weighted by Crippen LogP contribution is -2.27. The van der Waals surface area contributed by atoms with Gasteiger partial charge in [0.25, 0.3) is 5.56 Å². The first-order valence-corrected chi connectivity index (χ1v) is 9.08. The van der Waals surface area contributed by atoms with Crippen LogP contribution in [0, 0.1) is 12.8 Å². The Labute approximate surface area is 133 Å². The van der Waals surface area contributed by atoms with E-state index in [1.807, 2.05) is 6.92 Å². The van der Waals surface area contributed by atoms with Crippen molar-refractivity contribution in [2.24, 2.45) is 5.92 Å². The molecule has 0 atom stereocenters. The number of hydrogen-bond donors (Lipinski definition) is 2. The van der Waals surface area contributed by atoms with Gasteiger partial charge in [-0.2, -0.15) is 0 Å². The van der Waals surface area contributed by atoms with Gasteiger partial charge in [0, 0.05) is 11.6 Å². The summed E-state index contributed by atoms with van der Waals surface area (Å²) in [4.78, 5) is 19.9. The van der Waals surface area contributed by atoms with E-state index in [0.717, 1.165) is 17.7 Å². The molecule has 122 valence electrons. The molecule has 2 aliphatic carbocycles. The summed E-state index contributed by atoms with van der Waals surface area (Å²) >= 11 is 0. The van der Waals surface area contributed by atoms with Gasteiger partial charge in [-0.1, -0.05) is 51.4 Å². The fourth-order valence-electron chi connectivity index (χ4n) is 3.95. The Kier molecular flexibility index (Phi) is 5.16. The Morgan fingerprint density at radius 3 is 2.36 bits per heavy atom. The molecule has 2 aliphatic rings. The van der Waals surface area contributed by atoms with Crippen molar-refractivity contribution >= 4 is 5.95 Å². The Hall–Kier alpha value is -1.32. The molecule has 2 fully saturated rings. The van der Waals surface area contributed by atoms with Crippen LogP contribution in [0.2, 0.25) is 0 Å². The van der Waals surface area contributed by atoms with Gasteiger partial charge in [-0.15, -0.1) is 0 Å². The molecule has 0 spiro atoms. The third-order valence-corrected chi connectivity index (χ3v) is 5.40. The summed E-state index contributed by atoms with van der Waals surface area (Å²) in [7, 11) is 0. The van der Waals surface area contributed by atoms with Gasteiger partial charge in [-0.25, -0.2) is 4.98 Å². The number of anilines is 1. The number of nitrogens with one attached hydrogen (secondary N) is 2. The van der Waals surface area contributed by atoms with Gasteiger partial charge in [0.2, 0.25) is 5.95 Å². The van der Waals surface area contributed by atoms with E-state index in [1.165, 1.54) is 64.2 Å². The third-order valence-electron chi connectivity index (χ3n) is 5.40. The number of aromatic amines is 1. The van der Waals surface area contributed by atoms with Crippen molar-refractivity contribution in [3.63, 3.8) is 0 Å². The lowest BCUT2D eigenvalue weighted by molar-refractivity contribution is 0.353. The molecule has 0 amide bonds. The van der Waals surface area contributed by atoms with Crippen LogP contribution in [0.15, 0.2) is 4.79 Å². The van der Waals surface area contributed by atoms with E-state index in [-0.39, 0.29) is 5.56 Å². The second kappa shape index (κ2) is 7.30. The van der Waals surface area contributed by atoms with Crippen LogP contribution in [0.25, 0.3) is 0 Å². The number of nitrogens with zero attached hydrogens (tertiary/aromatic N) is 1. The van der Waals surface area contributed by atoms with Crippen LogP contribution in [0.3, 0.4) is 0 Å². The summed E-state index contributed by atoms with van der Waals surface area (Å²) in [5, 5.41) is 3.46. The van der Waals surface area contributed by atoms with Crippen LogP contribution in [0.4, 0.5) is 5.95 Å². The molecule has 1 aromatic rings. The van der Waals surface area contributed by atoms with Gasteiger partial charge in [-0.3, -0.25) is 9.78 Å². The Balaban J connectivity index is 1.72. The van der Waals surface area contributed by atoms with Crippen LogP contribution >= 0.6 is 0 Å². The molecule has 22 heavy (non-hydrogen) atoms. The molecule has 4 heteroatoms. The monoisotopic (exact) mass is 303 g/mol.